The van der Waals surface area contributed by atoms with Gasteiger partial charge in [-0.05, 0) is 32.6 Å². The number of amides is 1. The first-order chi connectivity index (χ1) is 8.60. The first-order valence-electron chi connectivity index (χ1n) is 6.82. The van der Waals surface area contributed by atoms with E-state index in [1.165, 1.54) is 17.7 Å². The van der Waals surface area contributed by atoms with E-state index in [2.05, 4.69) is 0 Å². The van der Waals surface area contributed by atoms with Crippen molar-refractivity contribution in [3.05, 3.63) is 0 Å². The molecule has 1 saturated carbocycles. The lowest BCUT2D eigenvalue weighted by atomic mass is 9.72. The molecular formula is C13H21NO4. The molecule has 0 radical (unpaired) electrons. The highest BCUT2D eigenvalue weighted by molar-refractivity contribution is 5.68. The van der Waals surface area contributed by atoms with E-state index in [9.17, 15) is 4.79 Å². The molecule has 0 spiro atoms. The summed E-state index contributed by atoms with van der Waals surface area (Å²) in [7, 11) is 0. The maximum absolute atomic E-state index is 10.8. The fraction of sp³-hybridized carbons (Fsp3) is 0.923. The van der Waals surface area contributed by atoms with Gasteiger partial charge in [-0.25, -0.2) is 4.79 Å². The topological polar surface area (TPSA) is 58.8 Å². The third-order valence-electron chi connectivity index (χ3n) is 4.71. The van der Waals surface area contributed by atoms with Crippen molar-refractivity contribution in [1.82, 2.24) is 4.90 Å². The van der Waals surface area contributed by atoms with Crippen LogP contribution in [0.5, 0.6) is 0 Å². The summed E-state index contributed by atoms with van der Waals surface area (Å²) in [5.41, 5.74) is 0.200. The van der Waals surface area contributed by atoms with Crippen molar-refractivity contribution < 1.29 is 19.4 Å². The van der Waals surface area contributed by atoms with Crippen molar-refractivity contribution in [1.29, 1.82) is 0 Å². The second kappa shape index (κ2) is 4.38. The Morgan fingerprint density at radius 1 is 1.56 bits per heavy atom. The lowest BCUT2D eigenvalue weighted by molar-refractivity contribution is -0.149. The molecule has 102 valence electrons. The summed E-state index contributed by atoms with van der Waals surface area (Å²) in [6.45, 7) is 4.12. The molecule has 0 aromatic rings. The van der Waals surface area contributed by atoms with E-state index in [-0.39, 0.29) is 17.6 Å². The Hall–Kier alpha value is -0.810. The van der Waals surface area contributed by atoms with E-state index in [4.69, 9.17) is 14.6 Å². The first kappa shape index (κ1) is 12.2. The Morgan fingerprint density at radius 3 is 2.78 bits per heavy atom. The number of fused-ring (bicyclic) bond motifs is 3. The maximum atomic E-state index is 10.8. The van der Waals surface area contributed by atoms with Gasteiger partial charge >= 0.3 is 6.09 Å². The molecule has 1 amide bonds. The normalized spacial score (nSPS) is 39.7. The Labute approximate surface area is 107 Å². The summed E-state index contributed by atoms with van der Waals surface area (Å²) in [4.78, 5) is 12.2. The lowest BCUT2D eigenvalue weighted by Gasteiger charge is -2.46. The third kappa shape index (κ3) is 2.21. The number of hydrogen-bond donors (Lipinski definition) is 1. The summed E-state index contributed by atoms with van der Waals surface area (Å²) in [5, 5.41) is 8.84. The average Bonchev–Trinajstić information content (AvgIpc) is 3.19. The molecular weight excluding hydrogens is 234 g/mol. The summed E-state index contributed by atoms with van der Waals surface area (Å²) >= 11 is 0. The molecule has 0 aromatic carbocycles. The molecule has 5 heteroatoms. The third-order valence-corrected chi connectivity index (χ3v) is 4.71. The first-order valence-corrected chi connectivity index (χ1v) is 6.82. The van der Waals surface area contributed by atoms with Gasteiger partial charge in [0.25, 0.3) is 0 Å². The van der Waals surface area contributed by atoms with Gasteiger partial charge < -0.3 is 14.6 Å². The summed E-state index contributed by atoms with van der Waals surface area (Å²) < 4.78 is 11.7. The zero-order chi connectivity index (χ0) is 12.8. The molecule has 2 atom stereocenters. The van der Waals surface area contributed by atoms with Crippen LogP contribution < -0.4 is 0 Å². The Bertz CT molecular complexity index is 324. The molecule has 4 rings (SSSR count). The fourth-order valence-corrected chi connectivity index (χ4v) is 3.19. The monoisotopic (exact) mass is 255 g/mol. The Morgan fingerprint density at radius 2 is 2.28 bits per heavy atom. The number of carboxylic acid groups (broad SMARTS) is 1. The van der Waals surface area contributed by atoms with E-state index in [1.807, 2.05) is 6.92 Å². The van der Waals surface area contributed by atoms with E-state index in [0.29, 0.717) is 19.3 Å². The predicted octanol–water partition coefficient (Wildman–Crippen LogP) is 1.71. The SMILES string of the molecule is C[C@@H](OCC12CCC(CC1)OC2)[C@@H]1CN1C(=O)O. The molecule has 2 bridgehead atoms. The van der Waals surface area contributed by atoms with Gasteiger partial charge in [0.1, 0.15) is 0 Å². The van der Waals surface area contributed by atoms with E-state index >= 15 is 0 Å². The van der Waals surface area contributed by atoms with Crippen LogP contribution in [-0.4, -0.2) is 54.1 Å². The lowest BCUT2D eigenvalue weighted by Crippen LogP contribution is -2.46. The predicted molar refractivity (Wildman–Crippen MR) is 64.6 cm³/mol. The smallest absolute Gasteiger partial charge is 0.407 e. The number of ether oxygens (including phenoxy) is 2. The van der Waals surface area contributed by atoms with Crippen molar-refractivity contribution in [2.45, 2.75) is 50.9 Å². The number of hydrogen-bond acceptors (Lipinski definition) is 3. The van der Waals surface area contributed by atoms with Crippen LogP contribution in [0.25, 0.3) is 0 Å². The van der Waals surface area contributed by atoms with Gasteiger partial charge in [-0.3, -0.25) is 4.90 Å². The van der Waals surface area contributed by atoms with Crippen molar-refractivity contribution >= 4 is 6.09 Å². The van der Waals surface area contributed by atoms with Crippen molar-refractivity contribution in [2.75, 3.05) is 19.8 Å². The van der Waals surface area contributed by atoms with Crippen molar-refractivity contribution in [3.8, 4) is 0 Å². The average molecular weight is 255 g/mol. The molecule has 3 saturated heterocycles. The van der Waals surface area contributed by atoms with Gasteiger partial charge in [-0.1, -0.05) is 0 Å². The molecule has 3 heterocycles. The van der Waals surface area contributed by atoms with Crippen LogP contribution >= 0.6 is 0 Å². The summed E-state index contributed by atoms with van der Waals surface area (Å²) in [6.07, 6.45) is 4.33. The summed E-state index contributed by atoms with van der Waals surface area (Å²) in [5.74, 6) is 0. The van der Waals surface area contributed by atoms with Gasteiger partial charge in [0, 0.05) is 12.0 Å². The molecule has 0 aromatic heterocycles. The number of rotatable bonds is 4. The fourth-order valence-electron chi connectivity index (χ4n) is 3.19. The van der Waals surface area contributed by atoms with E-state index < -0.39 is 6.09 Å². The minimum Gasteiger partial charge on any atom is -0.465 e. The molecule has 0 unspecified atom stereocenters. The van der Waals surface area contributed by atoms with Gasteiger partial charge in [0.15, 0.2) is 0 Å². The molecule has 4 fully saturated rings. The minimum atomic E-state index is -0.838. The largest absolute Gasteiger partial charge is 0.465 e. The van der Waals surface area contributed by atoms with E-state index in [0.717, 1.165) is 19.4 Å². The highest BCUT2D eigenvalue weighted by Crippen LogP contribution is 2.43. The van der Waals surface area contributed by atoms with Crippen molar-refractivity contribution in [2.24, 2.45) is 5.41 Å². The maximum Gasteiger partial charge on any atom is 0.407 e. The van der Waals surface area contributed by atoms with Crippen LogP contribution in [0, 0.1) is 5.41 Å². The van der Waals surface area contributed by atoms with Crippen LogP contribution in [0.4, 0.5) is 4.79 Å². The molecule has 4 aliphatic rings. The highest BCUT2D eigenvalue weighted by Gasteiger charge is 2.45. The zero-order valence-corrected chi connectivity index (χ0v) is 10.8. The number of carbonyl (C=O) groups is 1. The van der Waals surface area contributed by atoms with Crippen molar-refractivity contribution in [3.63, 3.8) is 0 Å². The summed E-state index contributed by atoms with van der Waals surface area (Å²) in [6, 6.07) is 0.0553. The second-order valence-corrected chi connectivity index (χ2v) is 6.03. The molecule has 18 heavy (non-hydrogen) atoms. The van der Waals surface area contributed by atoms with Gasteiger partial charge in [-0.2, -0.15) is 0 Å². The molecule has 5 nitrogen and oxygen atoms in total. The second-order valence-electron chi connectivity index (χ2n) is 6.03. The van der Waals surface area contributed by atoms with Crippen LogP contribution in [0.15, 0.2) is 0 Å². The van der Waals surface area contributed by atoms with Crippen LogP contribution in [-0.2, 0) is 9.47 Å². The van der Waals surface area contributed by atoms with E-state index in [1.54, 1.807) is 0 Å². The standard InChI is InChI=1S/C13H21NO4/c1-9(11-6-14(11)12(15)16)17-7-13-4-2-10(3-5-13)18-8-13/h9-11H,2-8H2,1H3,(H,15,16)/t9-,10?,11+,13?,14?/m1/s1. The number of nitrogens with zero attached hydrogens (tertiary/aromatic N) is 1. The molecule has 1 N–H and O–H groups in total. The molecule has 1 aliphatic carbocycles. The van der Waals surface area contributed by atoms with Crippen LogP contribution in [0.1, 0.15) is 32.6 Å². The Kier molecular flexibility index (Phi) is 2.98. The van der Waals surface area contributed by atoms with Crippen LogP contribution in [0.3, 0.4) is 0 Å². The minimum absolute atomic E-state index is 0.00451. The van der Waals surface area contributed by atoms with Gasteiger partial charge in [-0.15, -0.1) is 0 Å². The quantitative estimate of drug-likeness (QED) is 0.777. The van der Waals surface area contributed by atoms with Gasteiger partial charge in [0.2, 0.25) is 0 Å². The van der Waals surface area contributed by atoms with Gasteiger partial charge in [0.05, 0.1) is 31.5 Å². The highest BCUT2D eigenvalue weighted by atomic mass is 16.5. The zero-order valence-electron chi connectivity index (χ0n) is 10.8. The van der Waals surface area contributed by atoms with Crippen LogP contribution in [0.2, 0.25) is 0 Å². The molecule has 3 aliphatic heterocycles. The Balaban J connectivity index is 1.48.